The first kappa shape index (κ1) is 16.1. The van der Waals surface area contributed by atoms with E-state index < -0.39 is 0 Å². The SMILES string of the molecule is CCOCCCn1cc(CCCCNC)c2ccccc21. The van der Waals surface area contributed by atoms with E-state index in [1.807, 2.05) is 14.0 Å². The molecule has 1 aromatic carbocycles. The van der Waals surface area contributed by atoms with Gasteiger partial charge in [0.25, 0.3) is 0 Å². The first-order valence-electron chi connectivity index (χ1n) is 8.16. The average Bonchev–Trinajstić information content (AvgIpc) is 2.87. The summed E-state index contributed by atoms with van der Waals surface area (Å²) in [6, 6.07) is 8.75. The third-order valence-electron chi connectivity index (χ3n) is 3.89. The van der Waals surface area contributed by atoms with Crippen LogP contribution in [0.25, 0.3) is 10.9 Å². The number of aryl methyl sites for hydroxylation is 2. The van der Waals surface area contributed by atoms with E-state index in [9.17, 15) is 0 Å². The number of benzene rings is 1. The van der Waals surface area contributed by atoms with Gasteiger partial charge in [0.15, 0.2) is 0 Å². The molecule has 2 rings (SSSR count). The topological polar surface area (TPSA) is 26.2 Å². The lowest BCUT2D eigenvalue weighted by Gasteiger charge is -2.05. The van der Waals surface area contributed by atoms with Crippen molar-refractivity contribution in [2.75, 3.05) is 26.8 Å². The molecule has 0 aliphatic carbocycles. The molecule has 0 saturated heterocycles. The molecular formula is C18H28N2O. The number of nitrogens with one attached hydrogen (secondary N) is 1. The number of ether oxygens (including phenoxy) is 1. The maximum Gasteiger partial charge on any atom is 0.0483 e. The van der Waals surface area contributed by atoms with Crippen LogP contribution < -0.4 is 5.32 Å². The Bertz CT molecular complexity index is 487. The predicted molar refractivity (Wildman–Crippen MR) is 89.9 cm³/mol. The number of aromatic nitrogens is 1. The molecule has 116 valence electrons. The number of unbranched alkanes of at least 4 members (excludes halogenated alkanes) is 1. The lowest BCUT2D eigenvalue weighted by atomic mass is 10.1. The van der Waals surface area contributed by atoms with Crippen LogP contribution in [0.3, 0.4) is 0 Å². The molecular weight excluding hydrogens is 260 g/mol. The molecule has 0 saturated carbocycles. The molecule has 0 fully saturated rings. The van der Waals surface area contributed by atoms with Crippen molar-refractivity contribution in [2.45, 2.75) is 39.2 Å². The van der Waals surface area contributed by atoms with Gasteiger partial charge in [-0.15, -0.1) is 0 Å². The highest BCUT2D eigenvalue weighted by molar-refractivity contribution is 5.83. The molecule has 1 aromatic heterocycles. The molecule has 0 radical (unpaired) electrons. The fourth-order valence-electron chi connectivity index (χ4n) is 2.81. The first-order valence-corrected chi connectivity index (χ1v) is 8.16. The second-order valence-electron chi connectivity index (χ2n) is 5.48. The van der Waals surface area contributed by atoms with Gasteiger partial charge < -0.3 is 14.6 Å². The second-order valence-corrected chi connectivity index (χ2v) is 5.48. The lowest BCUT2D eigenvalue weighted by molar-refractivity contribution is 0.142. The van der Waals surface area contributed by atoms with E-state index in [1.165, 1.54) is 35.7 Å². The van der Waals surface area contributed by atoms with Crippen molar-refractivity contribution in [3.05, 3.63) is 36.0 Å². The van der Waals surface area contributed by atoms with Crippen molar-refractivity contribution in [1.82, 2.24) is 9.88 Å². The van der Waals surface area contributed by atoms with E-state index in [-0.39, 0.29) is 0 Å². The van der Waals surface area contributed by atoms with Gasteiger partial charge in [0, 0.05) is 36.9 Å². The standard InChI is InChI=1S/C18H28N2O/c1-3-21-14-8-13-20-15-16(9-6-7-12-19-2)17-10-4-5-11-18(17)20/h4-5,10-11,15,19H,3,6-9,12-14H2,1-2H3. The van der Waals surface area contributed by atoms with Gasteiger partial charge in [0.2, 0.25) is 0 Å². The van der Waals surface area contributed by atoms with Gasteiger partial charge in [-0.05, 0) is 57.8 Å². The van der Waals surface area contributed by atoms with Crippen LogP contribution in [0.2, 0.25) is 0 Å². The Morgan fingerprint density at radius 3 is 2.81 bits per heavy atom. The van der Waals surface area contributed by atoms with E-state index in [0.717, 1.165) is 32.7 Å². The molecule has 0 spiro atoms. The summed E-state index contributed by atoms with van der Waals surface area (Å²) in [4.78, 5) is 0. The quantitative estimate of drug-likeness (QED) is 0.676. The smallest absolute Gasteiger partial charge is 0.0483 e. The molecule has 0 aliphatic rings. The van der Waals surface area contributed by atoms with Gasteiger partial charge in [-0.2, -0.15) is 0 Å². The van der Waals surface area contributed by atoms with Gasteiger partial charge in [-0.3, -0.25) is 0 Å². The summed E-state index contributed by atoms with van der Waals surface area (Å²) in [7, 11) is 2.02. The molecule has 21 heavy (non-hydrogen) atoms. The number of hydrogen-bond donors (Lipinski definition) is 1. The average molecular weight is 288 g/mol. The summed E-state index contributed by atoms with van der Waals surface area (Å²) < 4.78 is 7.84. The zero-order valence-corrected chi connectivity index (χ0v) is 13.4. The van der Waals surface area contributed by atoms with E-state index in [0.29, 0.717) is 0 Å². The minimum Gasteiger partial charge on any atom is -0.382 e. The largest absolute Gasteiger partial charge is 0.382 e. The highest BCUT2D eigenvalue weighted by atomic mass is 16.5. The summed E-state index contributed by atoms with van der Waals surface area (Å²) in [5, 5.41) is 4.63. The molecule has 0 aliphatic heterocycles. The minimum atomic E-state index is 0.809. The molecule has 0 bridgehead atoms. The van der Waals surface area contributed by atoms with Crippen LogP contribution in [-0.2, 0) is 17.7 Å². The minimum absolute atomic E-state index is 0.809. The number of rotatable bonds is 10. The molecule has 2 aromatic rings. The fraction of sp³-hybridized carbons (Fsp3) is 0.556. The fourth-order valence-corrected chi connectivity index (χ4v) is 2.81. The summed E-state index contributed by atoms with van der Waals surface area (Å²) in [5.74, 6) is 0. The monoisotopic (exact) mass is 288 g/mol. The summed E-state index contributed by atoms with van der Waals surface area (Å²) >= 11 is 0. The molecule has 3 nitrogen and oxygen atoms in total. The molecule has 0 atom stereocenters. The normalized spacial score (nSPS) is 11.3. The lowest BCUT2D eigenvalue weighted by Crippen LogP contribution is -2.07. The molecule has 1 heterocycles. The maximum absolute atomic E-state index is 5.45. The zero-order chi connectivity index (χ0) is 14.9. The Morgan fingerprint density at radius 2 is 2.00 bits per heavy atom. The number of hydrogen-bond acceptors (Lipinski definition) is 2. The van der Waals surface area contributed by atoms with Crippen molar-refractivity contribution < 1.29 is 4.74 Å². The molecule has 0 amide bonds. The highest BCUT2D eigenvalue weighted by Gasteiger charge is 2.07. The van der Waals surface area contributed by atoms with E-state index in [4.69, 9.17) is 4.74 Å². The van der Waals surface area contributed by atoms with Crippen LogP contribution >= 0.6 is 0 Å². The second kappa shape index (κ2) is 8.85. The van der Waals surface area contributed by atoms with E-state index in [2.05, 4.69) is 40.3 Å². The van der Waals surface area contributed by atoms with E-state index in [1.54, 1.807) is 0 Å². The number of para-hydroxylation sites is 1. The van der Waals surface area contributed by atoms with Crippen LogP contribution in [0.5, 0.6) is 0 Å². The van der Waals surface area contributed by atoms with Crippen LogP contribution in [0.4, 0.5) is 0 Å². The Morgan fingerprint density at radius 1 is 1.14 bits per heavy atom. The molecule has 3 heteroatoms. The Hall–Kier alpha value is -1.32. The number of fused-ring (bicyclic) bond motifs is 1. The van der Waals surface area contributed by atoms with Crippen molar-refractivity contribution in [1.29, 1.82) is 0 Å². The van der Waals surface area contributed by atoms with Crippen LogP contribution in [-0.4, -0.2) is 31.4 Å². The summed E-state index contributed by atoms with van der Waals surface area (Å²) in [6.07, 6.45) is 7.07. The maximum atomic E-state index is 5.45. The Balaban J connectivity index is 2.03. The zero-order valence-electron chi connectivity index (χ0n) is 13.4. The van der Waals surface area contributed by atoms with Crippen LogP contribution in [0, 0.1) is 0 Å². The van der Waals surface area contributed by atoms with Gasteiger partial charge in [-0.1, -0.05) is 18.2 Å². The van der Waals surface area contributed by atoms with Crippen LogP contribution in [0.15, 0.2) is 30.5 Å². The van der Waals surface area contributed by atoms with Gasteiger partial charge in [0.05, 0.1) is 0 Å². The van der Waals surface area contributed by atoms with Gasteiger partial charge in [0.1, 0.15) is 0 Å². The van der Waals surface area contributed by atoms with E-state index >= 15 is 0 Å². The third-order valence-corrected chi connectivity index (χ3v) is 3.89. The first-order chi connectivity index (χ1) is 10.4. The van der Waals surface area contributed by atoms with Crippen molar-refractivity contribution in [3.8, 4) is 0 Å². The molecule has 1 N–H and O–H groups in total. The number of nitrogens with zero attached hydrogens (tertiary/aromatic N) is 1. The van der Waals surface area contributed by atoms with Gasteiger partial charge in [-0.25, -0.2) is 0 Å². The molecule has 0 unspecified atom stereocenters. The van der Waals surface area contributed by atoms with Crippen molar-refractivity contribution in [3.63, 3.8) is 0 Å². The van der Waals surface area contributed by atoms with Gasteiger partial charge >= 0.3 is 0 Å². The third kappa shape index (κ3) is 4.58. The predicted octanol–water partition coefficient (Wildman–Crippen LogP) is 3.61. The Kier molecular flexibility index (Phi) is 6.77. The van der Waals surface area contributed by atoms with Crippen molar-refractivity contribution >= 4 is 10.9 Å². The van der Waals surface area contributed by atoms with Crippen LogP contribution in [0.1, 0.15) is 31.7 Å². The summed E-state index contributed by atoms with van der Waals surface area (Å²) in [5.41, 5.74) is 2.84. The summed E-state index contributed by atoms with van der Waals surface area (Å²) in [6.45, 7) is 5.85. The Labute approximate surface area is 128 Å². The highest BCUT2D eigenvalue weighted by Crippen LogP contribution is 2.23. The van der Waals surface area contributed by atoms with Crippen molar-refractivity contribution in [2.24, 2.45) is 0 Å².